The van der Waals surface area contributed by atoms with Gasteiger partial charge in [-0.2, -0.15) is 5.10 Å². The van der Waals surface area contributed by atoms with E-state index >= 15 is 0 Å². The number of nitro benzene ring substituents is 2. The zero-order valence-corrected chi connectivity index (χ0v) is 20.1. The second-order valence-electron chi connectivity index (χ2n) is 8.30. The minimum atomic E-state index is -0.587. The number of amides is 2. The van der Waals surface area contributed by atoms with Gasteiger partial charge in [-0.05, 0) is 44.9 Å². The molecule has 36 heavy (non-hydrogen) atoms. The van der Waals surface area contributed by atoms with Crippen LogP contribution in [0.1, 0.15) is 42.6 Å². The Morgan fingerprint density at radius 2 is 1.72 bits per heavy atom. The first-order valence-electron chi connectivity index (χ1n) is 11.6. The summed E-state index contributed by atoms with van der Waals surface area (Å²) in [4.78, 5) is 50.1. The third kappa shape index (κ3) is 6.20. The van der Waals surface area contributed by atoms with Crippen LogP contribution in [-0.4, -0.2) is 59.0 Å². The van der Waals surface area contributed by atoms with Gasteiger partial charge < -0.3 is 9.80 Å². The molecule has 12 nitrogen and oxygen atoms in total. The highest BCUT2D eigenvalue weighted by Gasteiger charge is 2.29. The lowest BCUT2D eigenvalue weighted by atomic mass is 9.95. The van der Waals surface area contributed by atoms with E-state index < -0.39 is 15.8 Å². The number of rotatable bonds is 9. The second-order valence-corrected chi connectivity index (χ2v) is 8.30. The molecule has 1 heterocycles. The van der Waals surface area contributed by atoms with Gasteiger partial charge in [-0.15, -0.1) is 0 Å². The number of benzene rings is 2. The van der Waals surface area contributed by atoms with E-state index in [0.717, 1.165) is 12.8 Å². The van der Waals surface area contributed by atoms with Crippen molar-refractivity contribution in [2.24, 2.45) is 11.0 Å². The summed E-state index contributed by atoms with van der Waals surface area (Å²) in [7, 11) is 0. The van der Waals surface area contributed by atoms with E-state index in [0.29, 0.717) is 37.4 Å². The minimum Gasteiger partial charge on any atom is -0.370 e. The van der Waals surface area contributed by atoms with Crippen molar-refractivity contribution in [2.45, 2.75) is 26.7 Å². The van der Waals surface area contributed by atoms with Crippen LogP contribution < -0.4 is 10.3 Å². The van der Waals surface area contributed by atoms with E-state index in [1.54, 1.807) is 11.0 Å². The van der Waals surface area contributed by atoms with Crippen molar-refractivity contribution in [1.82, 2.24) is 10.3 Å². The highest BCUT2D eigenvalue weighted by atomic mass is 16.6. The molecule has 0 saturated carbocycles. The van der Waals surface area contributed by atoms with Crippen LogP contribution in [0.25, 0.3) is 0 Å². The second kappa shape index (κ2) is 11.9. The fourth-order valence-corrected chi connectivity index (χ4v) is 4.20. The van der Waals surface area contributed by atoms with Crippen molar-refractivity contribution < 1.29 is 19.4 Å². The number of anilines is 1. The Morgan fingerprint density at radius 1 is 1.08 bits per heavy atom. The van der Waals surface area contributed by atoms with Crippen LogP contribution in [0.2, 0.25) is 0 Å². The fourth-order valence-electron chi connectivity index (χ4n) is 4.20. The lowest BCUT2D eigenvalue weighted by molar-refractivity contribution is -0.385. The Morgan fingerprint density at radius 3 is 2.33 bits per heavy atom. The van der Waals surface area contributed by atoms with Crippen molar-refractivity contribution in [3.8, 4) is 0 Å². The molecule has 1 aliphatic rings. The first kappa shape index (κ1) is 26.3. The number of nitrogens with one attached hydrogen (secondary N) is 1. The summed E-state index contributed by atoms with van der Waals surface area (Å²) in [5.41, 5.74) is 3.34. The molecule has 190 valence electrons. The van der Waals surface area contributed by atoms with Crippen molar-refractivity contribution in [1.29, 1.82) is 0 Å². The molecule has 12 heteroatoms. The lowest BCUT2D eigenvalue weighted by Crippen LogP contribution is -2.45. The third-order valence-corrected chi connectivity index (χ3v) is 6.12. The zero-order valence-electron chi connectivity index (χ0n) is 20.1. The Hall–Kier alpha value is -4.35. The van der Waals surface area contributed by atoms with Gasteiger partial charge in [0.1, 0.15) is 0 Å². The summed E-state index contributed by atoms with van der Waals surface area (Å²) >= 11 is 0. The van der Waals surface area contributed by atoms with Crippen LogP contribution in [0.4, 0.5) is 17.1 Å². The van der Waals surface area contributed by atoms with Gasteiger partial charge in [-0.3, -0.25) is 29.8 Å². The molecule has 1 atom stereocenters. The molecule has 2 aromatic carbocycles. The van der Waals surface area contributed by atoms with Crippen LogP contribution in [0.15, 0.2) is 47.6 Å². The molecule has 0 bridgehead atoms. The predicted octanol–water partition coefficient (Wildman–Crippen LogP) is 3.35. The van der Waals surface area contributed by atoms with Gasteiger partial charge in [0.05, 0.1) is 22.0 Å². The number of piperidine rings is 1. The Balaban J connectivity index is 1.80. The molecular formula is C24H28N6O6. The largest absolute Gasteiger partial charge is 0.370 e. The summed E-state index contributed by atoms with van der Waals surface area (Å²) in [5.74, 6) is -0.673. The number of carbonyl (C=O) groups is 2. The Labute approximate surface area is 207 Å². The molecule has 3 rings (SSSR count). The molecule has 2 amide bonds. The smallest absolute Gasteiger partial charge is 0.271 e. The van der Waals surface area contributed by atoms with Gasteiger partial charge in [0.15, 0.2) is 0 Å². The normalized spacial score (nSPS) is 15.5. The molecule has 1 aliphatic heterocycles. The molecule has 0 aromatic heterocycles. The number of hydrogen-bond donors (Lipinski definition) is 1. The monoisotopic (exact) mass is 496 g/mol. The zero-order chi connectivity index (χ0) is 26.2. The average Bonchev–Trinajstić information content (AvgIpc) is 2.89. The van der Waals surface area contributed by atoms with Crippen molar-refractivity contribution >= 4 is 35.1 Å². The lowest BCUT2D eigenvalue weighted by Gasteiger charge is -2.36. The summed E-state index contributed by atoms with van der Waals surface area (Å²) < 4.78 is 0. The topological polar surface area (TPSA) is 151 Å². The van der Waals surface area contributed by atoms with Gasteiger partial charge in [-0.25, -0.2) is 5.43 Å². The van der Waals surface area contributed by atoms with E-state index in [-0.39, 0.29) is 28.8 Å². The Kier molecular flexibility index (Phi) is 8.66. The van der Waals surface area contributed by atoms with Gasteiger partial charge >= 0.3 is 0 Å². The predicted molar refractivity (Wildman–Crippen MR) is 134 cm³/mol. The SMILES string of the molecule is CCN(CC)C(=O)[C@H]1CCCN(c2ccc([N+](=O)[O-])cc2/C=N\NC(=O)c2ccc([N+](=O)[O-])cc2)C1. The number of nitro groups is 2. The molecule has 0 unspecified atom stereocenters. The van der Waals surface area contributed by atoms with Crippen LogP contribution >= 0.6 is 0 Å². The standard InChI is InChI=1S/C24H28N6O6/c1-3-27(4-2)24(32)18-6-5-13-28(16-18)22-12-11-21(30(35)36)14-19(22)15-25-26-23(31)17-7-9-20(10-8-17)29(33)34/h7-12,14-15,18H,3-6,13,16H2,1-2H3,(H,26,31)/b25-15-/t18-/m0/s1. The molecule has 1 N–H and O–H groups in total. The van der Waals surface area contributed by atoms with Crippen LogP contribution in [0, 0.1) is 26.1 Å². The quantitative estimate of drug-likeness (QED) is 0.317. The first-order valence-corrected chi connectivity index (χ1v) is 11.6. The molecule has 1 saturated heterocycles. The summed E-state index contributed by atoms with van der Waals surface area (Å²) in [6, 6.07) is 9.44. The van der Waals surface area contributed by atoms with E-state index in [2.05, 4.69) is 10.5 Å². The minimum absolute atomic E-state index is 0.0946. The van der Waals surface area contributed by atoms with Gasteiger partial charge in [-0.1, -0.05) is 0 Å². The number of non-ortho nitro benzene ring substituents is 2. The van der Waals surface area contributed by atoms with E-state index in [1.165, 1.54) is 42.6 Å². The van der Waals surface area contributed by atoms with Crippen molar-refractivity contribution in [3.05, 3.63) is 73.8 Å². The average molecular weight is 497 g/mol. The molecule has 0 aliphatic carbocycles. The van der Waals surface area contributed by atoms with E-state index in [9.17, 15) is 29.8 Å². The van der Waals surface area contributed by atoms with Crippen molar-refractivity contribution in [2.75, 3.05) is 31.1 Å². The fraction of sp³-hybridized carbons (Fsp3) is 0.375. The molecule has 0 spiro atoms. The van der Waals surface area contributed by atoms with Crippen LogP contribution in [0.3, 0.4) is 0 Å². The van der Waals surface area contributed by atoms with E-state index in [1.807, 2.05) is 18.7 Å². The van der Waals surface area contributed by atoms with Gasteiger partial charge in [0, 0.05) is 67.3 Å². The highest BCUT2D eigenvalue weighted by molar-refractivity contribution is 5.96. The van der Waals surface area contributed by atoms with Crippen LogP contribution in [0.5, 0.6) is 0 Å². The van der Waals surface area contributed by atoms with Crippen molar-refractivity contribution in [3.63, 3.8) is 0 Å². The van der Waals surface area contributed by atoms with E-state index in [4.69, 9.17) is 0 Å². The molecule has 1 fully saturated rings. The third-order valence-electron chi connectivity index (χ3n) is 6.12. The molecule has 0 radical (unpaired) electrons. The summed E-state index contributed by atoms with van der Waals surface area (Å²) in [6.45, 7) is 6.31. The maximum absolute atomic E-state index is 12.9. The Bertz CT molecular complexity index is 1160. The van der Waals surface area contributed by atoms with Crippen LogP contribution in [-0.2, 0) is 4.79 Å². The number of hydrogen-bond acceptors (Lipinski definition) is 8. The highest BCUT2D eigenvalue weighted by Crippen LogP contribution is 2.29. The number of carbonyl (C=O) groups excluding carboxylic acids is 2. The number of hydrazone groups is 1. The summed E-state index contributed by atoms with van der Waals surface area (Å²) in [6.07, 6.45) is 2.89. The molecular weight excluding hydrogens is 468 g/mol. The van der Waals surface area contributed by atoms with Gasteiger partial charge in [0.25, 0.3) is 17.3 Å². The maximum Gasteiger partial charge on any atom is 0.271 e. The number of nitrogens with zero attached hydrogens (tertiary/aromatic N) is 5. The first-order chi connectivity index (χ1) is 17.2. The molecule has 2 aromatic rings. The van der Waals surface area contributed by atoms with Gasteiger partial charge in [0.2, 0.25) is 5.91 Å². The maximum atomic E-state index is 12.9. The summed E-state index contributed by atoms with van der Waals surface area (Å²) in [5, 5.41) is 26.1.